The highest BCUT2D eigenvalue weighted by molar-refractivity contribution is 5.92. The van der Waals surface area contributed by atoms with Crippen LogP contribution in [0, 0.1) is 28.6 Å². The largest absolute Gasteiger partial charge is 0.457 e. The molecular weight excluding hydrogens is 438 g/mol. The van der Waals surface area contributed by atoms with E-state index in [1.165, 1.54) is 12.3 Å². The molecule has 1 aromatic rings. The maximum Gasteiger partial charge on any atom is 0.375 e. The van der Waals surface area contributed by atoms with Crippen LogP contribution in [0.2, 0.25) is 0 Å². The number of fused-ring (bicyclic) bond motifs is 5. The second kappa shape index (κ2) is 8.05. The van der Waals surface area contributed by atoms with E-state index in [0.29, 0.717) is 25.7 Å². The lowest BCUT2D eigenvalue weighted by Crippen LogP contribution is -2.63. The number of ether oxygens (including phenoxy) is 2. The van der Waals surface area contributed by atoms with Crippen molar-refractivity contribution in [2.45, 2.75) is 70.5 Å². The molecule has 1 aromatic heterocycles. The molecule has 1 heterocycles. The van der Waals surface area contributed by atoms with Crippen LogP contribution in [0.1, 0.15) is 69.3 Å². The molecule has 184 valence electrons. The zero-order chi connectivity index (χ0) is 24.3. The predicted molar refractivity (Wildman–Crippen MR) is 120 cm³/mol. The molecule has 34 heavy (non-hydrogen) atoms. The number of esters is 2. The van der Waals surface area contributed by atoms with E-state index >= 15 is 0 Å². The summed E-state index contributed by atoms with van der Waals surface area (Å²) in [7, 11) is 0. The smallest absolute Gasteiger partial charge is 0.375 e. The summed E-state index contributed by atoms with van der Waals surface area (Å²) in [5, 5.41) is 11.6. The number of ketones is 1. The van der Waals surface area contributed by atoms with Gasteiger partial charge in [0.15, 0.2) is 5.78 Å². The number of carbonyl (C=O) groups excluding carboxylic acids is 3. The minimum absolute atomic E-state index is 0.00744. The average Bonchev–Trinajstić information content (AvgIpc) is 3.41. The van der Waals surface area contributed by atoms with Gasteiger partial charge >= 0.3 is 11.9 Å². The van der Waals surface area contributed by atoms with E-state index < -0.39 is 29.1 Å². The Morgan fingerprint density at radius 1 is 1.24 bits per heavy atom. The van der Waals surface area contributed by atoms with Crippen LogP contribution in [0.25, 0.3) is 0 Å². The molecule has 0 aromatic carbocycles. The molecule has 3 fully saturated rings. The van der Waals surface area contributed by atoms with E-state index in [2.05, 4.69) is 6.92 Å². The normalized spacial score (nSPS) is 41.1. The molecule has 0 amide bonds. The van der Waals surface area contributed by atoms with Gasteiger partial charge in [-0.1, -0.05) is 19.4 Å². The van der Waals surface area contributed by atoms with Crippen LogP contribution >= 0.6 is 0 Å². The quantitative estimate of drug-likeness (QED) is 0.506. The molecule has 0 saturated heterocycles. The van der Waals surface area contributed by atoms with Gasteiger partial charge in [0, 0.05) is 11.8 Å². The summed E-state index contributed by atoms with van der Waals surface area (Å²) in [5.41, 5.74) is 4.05. The van der Waals surface area contributed by atoms with Gasteiger partial charge in [0.2, 0.25) is 11.4 Å². The first-order valence-electron chi connectivity index (χ1n) is 12.2. The van der Waals surface area contributed by atoms with Crippen molar-refractivity contribution in [3.63, 3.8) is 0 Å². The topological polar surface area (TPSA) is 129 Å². The molecular formula is C26H33NO7. The van der Waals surface area contributed by atoms with Crippen molar-refractivity contribution in [1.82, 2.24) is 0 Å². The fourth-order valence-corrected chi connectivity index (χ4v) is 8.02. The van der Waals surface area contributed by atoms with Gasteiger partial charge in [-0.2, -0.15) is 0 Å². The van der Waals surface area contributed by atoms with Crippen molar-refractivity contribution in [2.24, 2.45) is 34.3 Å². The number of hydrogen-bond donors (Lipinski definition) is 2. The van der Waals surface area contributed by atoms with Gasteiger partial charge in [-0.25, -0.2) is 9.59 Å². The monoisotopic (exact) mass is 471 g/mol. The summed E-state index contributed by atoms with van der Waals surface area (Å²) in [5.74, 6) is -1.06. The summed E-state index contributed by atoms with van der Waals surface area (Å²) in [6.07, 6.45) is 6.57. The molecule has 0 bridgehead atoms. The van der Waals surface area contributed by atoms with Gasteiger partial charge in [-0.3, -0.25) is 10.5 Å². The molecule has 0 unspecified atom stereocenters. The predicted octanol–water partition coefficient (Wildman–Crippen LogP) is 3.14. The zero-order valence-corrected chi connectivity index (χ0v) is 19.7. The molecule has 4 aliphatic rings. The first-order valence-corrected chi connectivity index (χ1v) is 12.2. The first-order chi connectivity index (χ1) is 16.2. The van der Waals surface area contributed by atoms with Crippen molar-refractivity contribution in [3.05, 3.63) is 35.8 Å². The third-order valence-corrected chi connectivity index (χ3v) is 9.55. The molecule has 7 atom stereocenters. The lowest BCUT2D eigenvalue weighted by molar-refractivity contribution is -0.200. The Bertz CT molecular complexity index is 1030. The number of carbonyl (C=O) groups is 3. The lowest BCUT2D eigenvalue weighted by Gasteiger charge is -2.60. The van der Waals surface area contributed by atoms with Gasteiger partial charge < -0.3 is 19.0 Å². The van der Waals surface area contributed by atoms with Crippen LogP contribution in [0.3, 0.4) is 0 Å². The van der Waals surface area contributed by atoms with Gasteiger partial charge in [0.05, 0.1) is 12.4 Å². The van der Waals surface area contributed by atoms with E-state index in [9.17, 15) is 19.5 Å². The number of furan rings is 1. The lowest BCUT2D eigenvalue weighted by atomic mass is 9.45. The molecule has 8 heteroatoms. The van der Waals surface area contributed by atoms with Crippen molar-refractivity contribution in [2.75, 3.05) is 6.73 Å². The maximum atomic E-state index is 13.4. The summed E-state index contributed by atoms with van der Waals surface area (Å²) >= 11 is 0. The number of aliphatic hydroxyl groups excluding tert-OH is 1. The minimum Gasteiger partial charge on any atom is -0.457 e. The zero-order valence-electron chi connectivity index (χ0n) is 19.7. The summed E-state index contributed by atoms with van der Waals surface area (Å²) in [6, 6.07) is 3.07. The SMILES string of the molecule is C[C@]12CCC(=O)C=C1CC[C@@H]1[C@@H]2[C@@H](O)C[C@@]2(C)[C@H]1CC[C@]2(OC(=O)c1ccco1)C(=O)OCN. The Labute approximate surface area is 198 Å². The van der Waals surface area contributed by atoms with Crippen LogP contribution in [0.5, 0.6) is 0 Å². The maximum absolute atomic E-state index is 13.4. The number of rotatable bonds is 4. The third kappa shape index (κ3) is 3.14. The third-order valence-electron chi connectivity index (χ3n) is 9.55. The number of hydrogen-bond acceptors (Lipinski definition) is 8. The first kappa shape index (κ1) is 23.3. The Hall–Kier alpha value is -2.45. The highest BCUT2D eigenvalue weighted by Gasteiger charge is 2.71. The molecule has 5 rings (SSSR count). The number of allylic oxidation sites excluding steroid dienone is 1. The molecule has 0 aliphatic heterocycles. The van der Waals surface area contributed by atoms with Crippen LogP contribution in [-0.4, -0.2) is 41.3 Å². The van der Waals surface area contributed by atoms with E-state index in [0.717, 1.165) is 24.8 Å². The van der Waals surface area contributed by atoms with Gasteiger partial charge in [-0.05, 0) is 79.9 Å². The van der Waals surface area contributed by atoms with Crippen molar-refractivity contribution < 1.29 is 33.4 Å². The van der Waals surface area contributed by atoms with Crippen LogP contribution in [0.15, 0.2) is 34.5 Å². The van der Waals surface area contributed by atoms with Crippen LogP contribution < -0.4 is 5.73 Å². The van der Waals surface area contributed by atoms with Gasteiger partial charge in [-0.15, -0.1) is 0 Å². The Morgan fingerprint density at radius 2 is 2.03 bits per heavy atom. The molecule has 3 saturated carbocycles. The highest BCUT2D eigenvalue weighted by atomic mass is 16.6. The fraction of sp³-hybridized carbons (Fsp3) is 0.654. The van der Waals surface area contributed by atoms with E-state index in [4.69, 9.17) is 19.6 Å². The van der Waals surface area contributed by atoms with E-state index in [-0.39, 0.29) is 41.4 Å². The van der Waals surface area contributed by atoms with Gasteiger partial charge in [0.25, 0.3) is 0 Å². The van der Waals surface area contributed by atoms with E-state index in [1.807, 2.05) is 6.92 Å². The molecule has 0 radical (unpaired) electrons. The summed E-state index contributed by atoms with van der Waals surface area (Å²) < 4.78 is 16.4. The second-order valence-corrected chi connectivity index (χ2v) is 10.9. The van der Waals surface area contributed by atoms with Crippen molar-refractivity contribution >= 4 is 17.7 Å². The summed E-state index contributed by atoms with van der Waals surface area (Å²) in [6.45, 7) is 3.79. The highest BCUT2D eigenvalue weighted by Crippen LogP contribution is 2.68. The number of nitrogens with two attached hydrogens (primary N) is 1. The minimum atomic E-state index is -1.56. The Balaban J connectivity index is 1.53. The Morgan fingerprint density at radius 3 is 2.74 bits per heavy atom. The van der Waals surface area contributed by atoms with Crippen LogP contribution in [-0.2, 0) is 19.1 Å². The second-order valence-electron chi connectivity index (χ2n) is 10.9. The van der Waals surface area contributed by atoms with Gasteiger partial charge in [0.1, 0.15) is 6.73 Å². The molecule has 0 spiro atoms. The Kier molecular flexibility index (Phi) is 5.52. The molecule has 3 N–H and O–H groups in total. The number of aliphatic hydroxyl groups is 1. The standard InChI is InChI=1S/C26H33NO7/c1-24-9-7-16(28)12-15(24)5-6-17-18-8-10-26(23(31)33-14-27,25(18,2)13-19(29)21(17)24)34-22(30)20-4-3-11-32-20/h3-4,11-12,17-19,21,29H,5-10,13-14,27H2,1-2H3/t17-,18-,19-,21+,24-,25-,26-/m0/s1. The van der Waals surface area contributed by atoms with E-state index in [1.54, 1.807) is 12.1 Å². The van der Waals surface area contributed by atoms with Crippen molar-refractivity contribution in [3.8, 4) is 0 Å². The average molecular weight is 472 g/mol. The molecule has 8 nitrogen and oxygen atoms in total. The van der Waals surface area contributed by atoms with Crippen LogP contribution in [0.4, 0.5) is 0 Å². The molecule has 4 aliphatic carbocycles. The van der Waals surface area contributed by atoms with Crippen molar-refractivity contribution in [1.29, 1.82) is 0 Å². The summed E-state index contributed by atoms with van der Waals surface area (Å²) in [4.78, 5) is 38.5. The fourth-order valence-electron chi connectivity index (χ4n) is 8.02.